The number of hydrogen-bond donors (Lipinski definition) is 1. The number of carbonyl (C=O) groups is 1. The molecule has 1 aliphatic rings. The number of ether oxygens (including phenoxy) is 1. The maximum absolute atomic E-state index is 13.8. The van der Waals surface area contributed by atoms with Gasteiger partial charge >= 0.3 is 0 Å². The van der Waals surface area contributed by atoms with Crippen molar-refractivity contribution in [2.45, 2.75) is 37.0 Å². The molecule has 0 spiro atoms. The first-order valence-corrected chi connectivity index (χ1v) is 13.2. The molecule has 3 aromatic rings. The fourth-order valence-corrected chi connectivity index (χ4v) is 5.78. The second-order valence-corrected chi connectivity index (χ2v) is 11.2. The molecule has 4 rings (SSSR count). The van der Waals surface area contributed by atoms with Crippen molar-refractivity contribution in [3.05, 3.63) is 82.4 Å². The van der Waals surface area contributed by atoms with Crippen molar-refractivity contribution in [1.29, 1.82) is 5.26 Å². The van der Waals surface area contributed by atoms with E-state index in [2.05, 4.69) is 11.4 Å². The third-order valence-corrected chi connectivity index (χ3v) is 8.51. The van der Waals surface area contributed by atoms with E-state index >= 15 is 0 Å². The van der Waals surface area contributed by atoms with Crippen LogP contribution in [0.15, 0.2) is 65.6 Å². The number of sulfonamides is 1. The topological polar surface area (TPSA) is 99.5 Å². The van der Waals surface area contributed by atoms with Crippen molar-refractivity contribution >= 4 is 38.9 Å². The lowest BCUT2D eigenvalue weighted by Crippen LogP contribution is -2.38. The van der Waals surface area contributed by atoms with Crippen LogP contribution in [0.2, 0.25) is 5.02 Å². The Hall–Kier alpha value is -3.54. The number of nitrogens with one attached hydrogen (secondary N) is 1. The van der Waals surface area contributed by atoms with Crippen LogP contribution in [0.4, 0.5) is 11.4 Å². The van der Waals surface area contributed by atoms with Crippen LogP contribution in [-0.4, -0.2) is 28.0 Å². The van der Waals surface area contributed by atoms with Gasteiger partial charge in [-0.2, -0.15) is 5.26 Å². The molecule has 0 aromatic heterocycles. The summed E-state index contributed by atoms with van der Waals surface area (Å²) >= 11 is 6.30. The minimum Gasteiger partial charge on any atom is -0.495 e. The summed E-state index contributed by atoms with van der Waals surface area (Å²) in [6.45, 7) is 3.10. The number of amides is 1. The minimum absolute atomic E-state index is 0.0508. The van der Waals surface area contributed by atoms with E-state index in [0.29, 0.717) is 10.7 Å². The summed E-state index contributed by atoms with van der Waals surface area (Å²) in [5.41, 5.74) is 2.75. The summed E-state index contributed by atoms with van der Waals surface area (Å²) in [6, 6.07) is 19.1. The predicted molar refractivity (Wildman–Crippen MR) is 140 cm³/mol. The molecule has 0 saturated heterocycles. The van der Waals surface area contributed by atoms with Crippen molar-refractivity contribution in [3.63, 3.8) is 0 Å². The number of halogens is 1. The summed E-state index contributed by atoms with van der Waals surface area (Å²) in [7, 11) is -2.81. The van der Waals surface area contributed by atoms with Gasteiger partial charge in [0.25, 0.3) is 10.0 Å². The van der Waals surface area contributed by atoms with Gasteiger partial charge in [-0.25, -0.2) is 8.42 Å². The van der Waals surface area contributed by atoms with Gasteiger partial charge in [0.1, 0.15) is 17.2 Å². The molecular formula is C27H26ClN3O4S. The third-order valence-electron chi connectivity index (χ3n) is 6.30. The molecule has 0 heterocycles. The number of carbonyl (C=O) groups excluding carboxylic acids is 1. The van der Waals surface area contributed by atoms with Crippen LogP contribution in [0.1, 0.15) is 29.5 Å². The summed E-state index contributed by atoms with van der Waals surface area (Å²) < 4.78 is 34.0. The average molecular weight is 524 g/mol. The molecule has 9 heteroatoms. The molecule has 7 nitrogen and oxygen atoms in total. The molecule has 0 unspecified atom stereocenters. The Morgan fingerprint density at radius 1 is 1.11 bits per heavy atom. The molecule has 0 atom stereocenters. The van der Waals surface area contributed by atoms with Crippen LogP contribution < -0.4 is 14.4 Å². The zero-order chi connectivity index (χ0) is 26.1. The Morgan fingerprint density at radius 2 is 1.81 bits per heavy atom. The zero-order valence-electron chi connectivity index (χ0n) is 20.2. The fraction of sp³-hybridized carbons (Fsp3) is 0.259. The maximum Gasteiger partial charge on any atom is 0.268 e. The number of hydrogen-bond acceptors (Lipinski definition) is 5. The Morgan fingerprint density at radius 3 is 2.39 bits per heavy atom. The normalized spacial score (nSPS) is 14.0. The Balaban J connectivity index is 1.65. The second-order valence-electron chi connectivity index (χ2n) is 8.92. The smallest absolute Gasteiger partial charge is 0.268 e. The molecule has 1 amide bonds. The monoisotopic (exact) mass is 523 g/mol. The van der Waals surface area contributed by atoms with E-state index in [0.717, 1.165) is 33.8 Å². The van der Waals surface area contributed by atoms with Gasteiger partial charge in [-0.1, -0.05) is 35.9 Å². The Kier molecular flexibility index (Phi) is 6.98. The molecule has 1 saturated carbocycles. The molecule has 0 aliphatic heterocycles. The highest BCUT2D eigenvalue weighted by molar-refractivity contribution is 7.93. The van der Waals surface area contributed by atoms with E-state index < -0.39 is 27.9 Å². The summed E-state index contributed by atoms with van der Waals surface area (Å²) in [6.07, 6.45) is 1.65. The molecule has 186 valence electrons. The number of benzene rings is 3. The lowest BCUT2D eigenvalue weighted by atomic mass is 9.98. The first-order chi connectivity index (χ1) is 17.1. The van der Waals surface area contributed by atoms with E-state index in [1.165, 1.54) is 19.2 Å². The molecular weight excluding hydrogens is 498 g/mol. The molecule has 1 aliphatic carbocycles. The van der Waals surface area contributed by atoms with Crippen LogP contribution in [0.5, 0.6) is 5.75 Å². The maximum atomic E-state index is 13.8. The van der Waals surface area contributed by atoms with Crippen LogP contribution in [0, 0.1) is 25.2 Å². The largest absolute Gasteiger partial charge is 0.495 e. The highest BCUT2D eigenvalue weighted by Crippen LogP contribution is 2.47. The molecule has 1 N–H and O–H groups in total. The van der Waals surface area contributed by atoms with Gasteiger partial charge in [0, 0.05) is 10.7 Å². The van der Waals surface area contributed by atoms with Gasteiger partial charge in [0.2, 0.25) is 5.91 Å². The van der Waals surface area contributed by atoms with Crippen LogP contribution >= 0.6 is 11.6 Å². The molecule has 0 radical (unpaired) electrons. The van der Waals surface area contributed by atoms with Crippen molar-refractivity contribution in [1.82, 2.24) is 0 Å². The molecule has 0 bridgehead atoms. The van der Waals surface area contributed by atoms with Crippen LogP contribution in [-0.2, 0) is 20.2 Å². The minimum atomic E-state index is -4.20. The van der Waals surface area contributed by atoms with Crippen molar-refractivity contribution < 1.29 is 17.9 Å². The van der Waals surface area contributed by atoms with Gasteiger partial charge in [-0.3, -0.25) is 9.10 Å². The second kappa shape index (κ2) is 9.84. The molecule has 36 heavy (non-hydrogen) atoms. The van der Waals surface area contributed by atoms with E-state index in [4.69, 9.17) is 16.3 Å². The Bertz CT molecular complexity index is 1460. The number of aryl methyl sites for hydroxylation is 2. The number of rotatable bonds is 8. The quantitative estimate of drug-likeness (QED) is 0.428. The number of nitrogens with zero attached hydrogens (tertiary/aromatic N) is 2. The SMILES string of the molecule is COc1ccc(C)cc1S(=O)(=O)N(CC(=O)Nc1ccc(C2(C#N)CC2)cc1)c1ccc(C)c(Cl)c1. The average Bonchev–Trinajstić information content (AvgIpc) is 3.66. The van der Waals surface area contributed by atoms with E-state index in [9.17, 15) is 18.5 Å². The van der Waals surface area contributed by atoms with Crippen molar-refractivity contribution in [3.8, 4) is 11.8 Å². The number of nitriles is 1. The fourth-order valence-electron chi connectivity index (χ4n) is 3.95. The molecule has 3 aromatic carbocycles. The summed E-state index contributed by atoms with van der Waals surface area (Å²) in [5.74, 6) is -0.359. The van der Waals surface area contributed by atoms with Gasteiger partial charge < -0.3 is 10.1 Å². The molecule has 1 fully saturated rings. The highest BCUT2D eigenvalue weighted by Gasteiger charge is 2.44. The number of methoxy groups -OCH3 is 1. The third kappa shape index (κ3) is 5.03. The summed E-state index contributed by atoms with van der Waals surface area (Å²) in [4.78, 5) is 13.0. The van der Waals surface area contributed by atoms with Gasteiger partial charge in [0.05, 0.1) is 24.3 Å². The van der Waals surface area contributed by atoms with E-state index in [-0.39, 0.29) is 16.3 Å². The van der Waals surface area contributed by atoms with Gasteiger partial charge in [-0.15, -0.1) is 0 Å². The van der Waals surface area contributed by atoms with Crippen molar-refractivity contribution in [2.75, 3.05) is 23.3 Å². The first kappa shape index (κ1) is 25.5. The Labute approximate surface area is 216 Å². The van der Waals surface area contributed by atoms with Gasteiger partial charge in [0.15, 0.2) is 0 Å². The predicted octanol–water partition coefficient (Wildman–Crippen LogP) is 5.35. The van der Waals surface area contributed by atoms with Crippen LogP contribution in [0.3, 0.4) is 0 Å². The van der Waals surface area contributed by atoms with Gasteiger partial charge in [-0.05, 0) is 79.8 Å². The first-order valence-electron chi connectivity index (χ1n) is 11.3. The lowest BCUT2D eigenvalue weighted by Gasteiger charge is -2.25. The van der Waals surface area contributed by atoms with Crippen molar-refractivity contribution in [2.24, 2.45) is 0 Å². The van der Waals surface area contributed by atoms with Crippen LogP contribution in [0.25, 0.3) is 0 Å². The standard InChI is InChI=1S/C27H26ClN3O4S/c1-18-4-11-24(35-3)25(14-18)36(33,34)31(22-10-5-19(2)23(28)15-22)16-26(32)30-21-8-6-20(7-9-21)27(17-29)12-13-27/h4-11,14-15H,12-13,16H2,1-3H3,(H,30,32). The summed E-state index contributed by atoms with van der Waals surface area (Å²) in [5, 5.41) is 12.5. The van der Waals surface area contributed by atoms with E-state index in [1.807, 2.05) is 19.1 Å². The number of anilines is 2. The van der Waals surface area contributed by atoms with E-state index in [1.54, 1.807) is 43.3 Å². The highest BCUT2D eigenvalue weighted by atomic mass is 35.5. The lowest BCUT2D eigenvalue weighted by molar-refractivity contribution is -0.114. The zero-order valence-corrected chi connectivity index (χ0v) is 21.8.